The zero-order valence-corrected chi connectivity index (χ0v) is 19.0. The summed E-state index contributed by atoms with van der Waals surface area (Å²) in [5.41, 5.74) is 4.31. The van der Waals surface area contributed by atoms with E-state index >= 15 is 0 Å². The van der Waals surface area contributed by atoms with Gasteiger partial charge in [-0.25, -0.2) is 0 Å². The van der Waals surface area contributed by atoms with Gasteiger partial charge in [0.25, 0.3) is 5.91 Å². The summed E-state index contributed by atoms with van der Waals surface area (Å²) >= 11 is 0. The number of hydrogen-bond acceptors (Lipinski definition) is 6. The molecule has 0 radical (unpaired) electrons. The zero-order valence-electron chi connectivity index (χ0n) is 17.4. The van der Waals surface area contributed by atoms with Crippen molar-refractivity contribution in [1.29, 1.82) is 0 Å². The van der Waals surface area contributed by atoms with Gasteiger partial charge in [-0.2, -0.15) is 8.42 Å². The first-order chi connectivity index (χ1) is 14.3. The number of carbonyl (C=O) groups is 1. The number of hydrogen-bond donors (Lipinski definition) is 3. The van der Waals surface area contributed by atoms with Gasteiger partial charge < -0.3 is 24.5 Å². The van der Waals surface area contributed by atoms with E-state index in [1.54, 1.807) is 6.07 Å². The number of carbonyl (C=O) groups excluding carboxylic acids is 1. The minimum atomic E-state index is -3.79. The summed E-state index contributed by atoms with van der Waals surface area (Å²) in [4.78, 5) is 15.9. The SMILES string of the molecule is CCNCc1ccc2[nH]c(-c3cc(OC)c(OS(C)(=O)=O)c4c3C(=O)NC4)cc2c1.Cl. The number of amides is 1. The van der Waals surface area contributed by atoms with Gasteiger partial charge in [-0.1, -0.05) is 13.0 Å². The van der Waals surface area contributed by atoms with Crippen molar-refractivity contribution in [3.63, 3.8) is 0 Å². The van der Waals surface area contributed by atoms with Crippen molar-refractivity contribution in [2.24, 2.45) is 0 Å². The van der Waals surface area contributed by atoms with Crippen LogP contribution in [-0.4, -0.2) is 39.2 Å². The molecule has 0 spiro atoms. The van der Waals surface area contributed by atoms with E-state index in [4.69, 9.17) is 8.92 Å². The maximum Gasteiger partial charge on any atom is 0.306 e. The van der Waals surface area contributed by atoms with E-state index in [1.165, 1.54) is 7.11 Å². The first-order valence-electron chi connectivity index (χ1n) is 9.55. The molecule has 31 heavy (non-hydrogen) atoms. The first-order valence-corrected chi connectivity index (χ1v) is 11.4. The Balaban J connectivity index is 0.00000272. The fourth-order valence-corrected chi connectivity index (χ4v) is 4.18. The summed E-state index contributed by atoms with van der Waals surface area (Å²) in [6.07, 6.45) is 0.958. The second kappa shape index (κ2) is 8.78. The lowest BCUT2D eigenvalue weighted by molar-refractivity contribution is 0.0966. The molecule has 0 saturated carbocycles. The van der Waals surface area contributed by atoms with Crippen molar-refractivity contribution in [1.82, 2.24) is 15.6 Å². The lowest BCUT2D eigenvalue weighted by atomic mass is 9.98. The minimum absolute atomic E-state index is 0. The standard InChI is InChI=1S/C21H23N3O5S.ClH/c1-4-22-10-12-5-6-16-13(7-12)8-17(24-16)14-9-18(28-2)20(29-30(3,26)27)15-11-23-21(25)19(14)15;/h5-9,22,24H,4,10-11H2,1-3H3,(H,23,25);1H. The average Bonchev–Trinajstić information content (AvgIpc) is 3.29. The number of aromatic amines is 1. The van der Waals surface area contributed by atoms with Gasteiger partial charge in [0.1, 0.15) is 0 Å². The second-order valence-electron chi connectivity index (χ2n) is 7.16. The number of methoxy groups -OCH3 is 1. The number of halogens is 1. The fraction of sp³-hybridized carbons (Fsp3) is 0.286. The number of ether oxygens (including phenoxy) is 1. The van der Waals surface area contributed by atoms with Crippen LogP contribution in [0.3, 0.4) is 0 Å². The van der Waals surface area contributed by atoms with Crippen LogP contribution in [0.1, 0.15) is 28.4 Å². The molecule has 0 atom stereocenters. The van der Waals surface area contributed by atoms with Crippen molar-refractivity contribution < 1.29 is 22.1 Å². The molecule has 3 N–H and O–H groups in total. The number of H-pyrrole nitrogens is 1. The maximum absolute atomic E-state index is 12.6. The van der Waals surface area contributed by atoms with Crippen LogP contribution in [0.25, 0.3) is 22.2 Å². The molecule has 0 bridgehead atoms. The fourth-order valence-electron chi connectivity index (χ4n) is 3.69. The third-order valence-electron chi connectivity index (χ3n) is 5.01. The van der Waals surface area contributed by atoms with Crippen LogP contribution in [0.15, 0.2) is 30.3 Å². The number of nitrogens with one attached hydrogen (secondary N) is 3. The molecular weight excluding hydrogens is 442 g/mol. The monoisotopic (exact) mass is 465 g/mol. The molecule has 3 aromatic rings. The largest absolute Gasteiger partial charge is 0.493 e. The van der Waals surface area contributed by atoms with Crippen LogP contribution in [-0.2, 0) is 23.2 Å². The Morgan fingerprint density at radius 3 is 2.65 bits per heavy atom. The summed E-state index contributed by atoms with van der Waals surface area (Å²) < 4.78 is 34.0. The average molecular weight is 466 g/mol. The van der Waals surface area contributed by atoms with Crippen molar-refractivity contribution in [3.8, 4) is 22.8 Å². The quantitative estimate of drug-likeness (QED) is 0.463. The van der Waals surface area contributed by atoms with Gasteiger partial charge in [0.2, 0.25) is 0 Å². The molecule has 1 aliphatic heterocycles. The van der Waals surface area contributed by atoms with Gasteiger partial charge in [0.05, 0.1) is 18.9 Å². The third kappa shape index (κ3) is 4.48. The highest BCUT2D eigenvalue weighted by atomic mass is 35.5. The van der Waals surface area contributed by atoms with Gasteiger partial charge in [-0.3, -0.25) is 4.79 Å². The number of benzene rings is 2. The summed E-state index contributed by atoms with van der Waals surface area (Å²) in [5, 5.41) is 7.07. The summed E-state index contributed by atoms with van der Waals surface area (Å²) in [6, 6.07) is 9.75. The van der Waals surface area contributed by atoms with E-state index in [9.17, 15) is 13.2 Å². The first kappa shape index (κ1) is 22.9. The number of rotatable bonds is 7. The molecule has 0 fully saturated rings. The molecule has 0 aliphatic carbocycles. The number of fused-ring (bicyclic) bond motifs is 2. The Morgan fingerprint density at radius 1 is 1.19 bits per heavy atom. The molecule has 166 valence electrons. The third-order valence-corrected chi connectivity index (χ3v) is 5.48. The summed E-state index contributed by atoms with van der Waals surface area (Å²) in [5.74, 6) is 0.00537. The van der Waals surface area contributed by atoms with Gasteiger partial charge in [-0.15, -0.1) is 12.4 Å². The van der Waals surface area contributed by atoms with Crippen molar-refractivity contribution in [2.45, 2.75) is 20.0 Å². The highest BCUT2D eigenvalue weighted by molar-refractivity contribution is 7.86. The number of aromatic nitrogens is 1. The van der Waals surface area contributed by atoms with Crippen LogP contribution in [0.5, 0.6) is 11.5 Å². The van der Waals surface area contributed by atoms with E-state index < -0.39 is 10.1 Å². The molecular formula is C21H24ClN3O5S. The molecule has 2 heterocycles. The molecule has 2 aromatic carbocycles. The Kier molecular flexibility index (Phi) is 6.49. The molecule has 4 rings (SSSR count). The lowest BCUT2D eigenvalue weighted by Crippen LogP contribution is -2.13. The zero-order chi connectivity index (χ0) is 21.5. The Morgan fingerprint density at radius 2 is 1.97 bits per heavy atom. The Hall–Kier alpha value is -2.75. The van der Waals surface area contributed by atoms with E-state index in [1.807, 2.05) is 18.2 Å². The molecule has 1 aliphatic rings. The van der Waals surface area contributed by atoms with Gasteiger partial charge in [-0.05, 0) is 36.4 Å². The second-order valence-corrected chi connectivity index (χ2v) is 8.74. The topological polar surface area (TPSA) is 110 Å². The van der Waals surface area contributed by atoms with Crippen LogP contribution in [0.4, 0.5) is 0 Å². The van der Waals surface area contributed by atoms with Gasteiger partial charge in [0.15, 0.2) is 11.5 Å². The predicted octanol–water partition coefficient (Wildman–Crippen LogP) is 2.96. The van der Waals surface area contributed by atoms with E-state index in [0.29, 0.717) is 16.7 Å². The Labute approximate surface area is 186 Å². The van der Waals surface area contributed by atoms with Crippen LogP contribution in [0, 0.1) is 0 Å². The molecule has 1 amide bonds. The molecule has 10 heteroatoms. The summed E-state index contributed by atoms with van der Waals surface area (Å²) in [6.45, 7) is 3.88. The van der Waals surface area contributed by atoms with Crippen molar-refractivity contribution in [2.75, 3.05) is 19.9 Å². The van der Waals surface area contributed by atoms with Crippen LogP contribution < -0.4 is 19.6 Å². The highest BCUT2D eigenvalue weighted by Crippen LogP contribution is 2.43. The van der Waals surface area contributed by atoms with E-state index in [-0.39, 0.29) is 36.4 Å². The van der Waals surface area contributed by atoms with Crippen molar-refractivity contribution in [3.05, 3.63) is 47.0 Å². The summed E-state index contributed by atoms with van der Waals surface area (Å²) in [7, 11) is -2.36. The van der Waals surface area contributed by atoms with E-state index in [0.717, 1.165) is 41.5 Å². The minimum Gasteiger partial charge on any atom is -0.493 e. The van der Waals surface area contributed by atoms with Crippen LogP contribution in [0.2, 0.25) is 0 Å². The Bertz CT molecular complexity index is 1250. The molecule has 0 saturated heterocycles. The normalized spacial score (nSPS) is 12.9. The smallest absolute Gasteiger partial charge is 0.306 e. The predicted molar refractivity (Wildman–Crippen MR) is 122 cm³/mol. The van der Waals surface area contributed by atoms with E-state index in [2.05, 4.69) is 28.6 Å². The highest BCUT2D eigenvalue weighted by Gasteiger charge is 2.31. The van der Waals surface area contributed by atoms with Crippen LogP contribution >= 0.6 is 12.4 Å². The van der Waals surface area contributed by atoms with Gasteiger partial charge >= 0.3 is 10.1 Å². The molecule has 1 aromatic heterocycles. The molecule has 8 nitrogen and oxygen atoms in total. The lowest BCUT2D eigenvalue weighted by Gasteiger charge is -2.15. The van der Waals surface area contributed by atoms with Crippen molar-refractivity contribution >= 4 is 39.3 Å². The maximum atomic E-state index is 12.6. The molecule has 0 unspecified atom stereocenters. The van der Waals surface area contributed by atoms with Gasteiger partial charge in [0, 0.05) is 40.8 Å².